The summed E-state index contributed by atoms with van der Waals surface area (Å²) in [5.74, 6) is 1.22. The predicted octanol–water partition coefficient (Wildman–Crippen LogP) is 4.09. The number of thiophene rings is 1. The van der Waals surface area contributed by atoms with Gasteiger partial charge >= 0.3 is 0 Å². The molecule has 1 aliphatic rings. The van der Waals surface area contributed by atoms with Crippen LogP contribution in [0.3, 0.4) is 0 Å². The quantitative estimate of drug-likeness (QED) is 0.453. The smallest absolute Gasteiger partial charge is 0.253 e. The molecule has 0 saturated carbocycles. The molecule has 0 bridgehead atoms. The van der Waals surface area contributed by atoms with Gasteiger partial charge < -0.3 is 4.42 Å². The average molecular weight is 424 g/mol. The van der Waals surface area contributed by atoms with E-state index >= 15 is 0 Å². The largest absolute Gasteiger partial charge is 0.467 e. The predicted molar refractivity (Wildman–Crippen MR) is 111 cm³/mol. The highest BCUT2D eigenvalue weighted by Crippen LogP contribution is 2.35. The lowest BCUT2D eigenvalue weighted by Crippen LogP contribution is -2.28. The van der Waals surface area contributed by atoms with Crippen molar-refractivity contribution in [1.82, 2.24) is 15.0 Å². The van der Waals surface area contributed by atoms with Gasteiger partial charge in [-0.05, 0) is 37.4 Å². The molecule has 0 aromatic carbocycles. The Kier molecular flexibility index (Phi) is 5.47. The molecule has 0 radical (unpaired) electrons. The monoisotopic (exact) mass is 423 g/mol. The van der Waals surface area contributed by atoms with Crippen molar-refractivity contribution in [2.24, 2.45) is 5.10 Å². The molecule has 7 nitrogen and oxygen atoms in total. The molecule has 3 aromatic rings. The van der Waals surface area contributed by atoms with E-state index in [0.717, 1.165) is 10.6 Å². The zero-order valence-electron chi connectivity index (χ0n) is 15.8. The molecule has 146 valence electrons. The van der Waals surface area contributed by atoms with Crippen LogP contribution in [0.4, 0.5) is 0 Å². The summed E-state index contributed by atoms with van der Waals surface area (Å²) in [7, 11) is 0. The van der Waals surface area contributed by atoms with Crippen molar-refractivity contribution in [3.05, 3.63) is 63.6 Å². The number of aryl methyl sites for hydroxylation is 2. The van der Waals surface area contributed by atoms with Gasteiger partial charge in [0.15, 0.2) is 0 Å². The minimum absolute atomic E-state index is 0.114. The van der Waals surface area contributed by atoms with Crippen molar-refractivity contribution in [3.8, 4) is 6.07 Å². The lowest BCUT2D eigenvalue weighted by Gasteiger charge is -2.19. The van der Waals surface area contributed by atoms with Crippen LogP contribution in [0, 0.1) is 25.2 Å². The summed E-state index contributed by atoms with van der Waals surface area (Å²) >= 11 is 2.82. The molecule has 1 unspecified atom stereocenters. The van der Waals surface area contributed by atoms with Crippen LogP contribution < -0.4 is 0 Å². The van der Waals surface area contributed by atoms with Crippen molar-refractivity contribution >= 4 is 34.7 Å². The number of amides is 1. The Hall–Kier alpha value is -2.96. The highest BCUT2D eigenvalue weighted by Gasteiger charge is 2.35. The van der Waals surface area contributed by atoms with Crippen molar-refractivity contribution in [2.45, 2.75) is 31.3 Å². The second kappa shape index (κ2) is 8.19. The minimum Gasteiger partial charge on any atom is -0.467 e. The Morgan fingerprint density at radius 3 is 2.93 bits per heavy atom. The van der Waals surface area contributed by atoms with Crippen molar-refractivity contribution < 1.29 is 9.21 Å². The summed E-state index contributed by atoms with van der Waals surface area (Å²) in [6.07, 6.45) is 2.20. The Labute approximate surface area is 176 Å². The van der Waals surface area contributed by atoms with E-state index in [4.69, 9.17) is 4.42 Å². The number of carbonyl (C=O) groups excluding carboxylic acids is 1. The number of hydrogen-bond acceptors (Lipinski definition) is 8. The second-order valence-electron chi connectivity index (χ2n) is 6.43. The van der Waals surface area contributed by atoms with Gasteiger partial charge in [-0.2, -0.15) is 10.4 Å². The van der Waals surface area contributed by atoms with Crippen LogP contribution in [0.1, 0.15) is 40.2 Å². The average Bonchev–Trinajstić information content (AvgIpc) is 3.46. The van der Waals surface area contributed by atoms with Crippen LogP contribution in [-0.4, -0.2) is 32.3 Å². The van der Waals surface area contributed by atoms with E-state index in [9.17, 15) is 10.1 Å². The topological polar surface area (TPSA) is 95.4 Å². The first-order chi connectivity index (χ1) is 14.1. The Balaban J connectivity index is 1.57. The SMILES string of the molecule is Cc1nc(C)c(C#N)c(SCC(=O)N2N=C(c3cccs3)CC2c2ccco2)n1. The summed E-state index contributed by atoms with van der Waals surface area (Å²) in [5.41, 5.74) is 1.88. The van der Waals surface area contributed by atoms with Crippen molar-refractivity contribution in [3.63, 3.8) is 0 Å². The highest BCUT2D eigenvalue weighted by molar-refractivity contribution is 8.00. The maximum Gasteiger partial charge on any atom is 0.253 e. The van der Waals surface area contributed by atoms with Gasteiger partial charge in [-0.15, -0.1) is 11.3 Å². The van der Waals surface area contributed by atoms with Gasteiger partial charge in [-0.25, -0.2) is 15.0 Å². The first-order valence-corrected chi connectivity index (χ1v) is 10.8. The lowest BCUT2D eigenvalue weighted by molar-refractivity contribution is -0.130. The zero-order valence-corrected chi connectivity index (χ0v) is 17.5. The van der Waals surface area contributed by atoms with Crippen molar-refractivity contribution in [2.75, 3.05) is 5.75 Å². The summed E-state index contributed by atoms with van der Waals surface area (Å²) in [5, 5.41) is 18.0. The van der Waals surface area contributed by atoms with Gasteiger partial charge in [0.25, 0.3) is 5.91 Å². The van der Waals surface area contributed by atoms with Gasteiger partial charge in [0, 0.05) is 6.42 Å². The maximum atomic E-state index is 13.0. The van der Waals surface area contributed by atoms with Crippen LogP contribution in [0.5, 0.6) is 0 Å². The molecule has 0 spiro atoms. The number of furan rings is 1. The number of rotatable bonds is 5. The number of carbonyl (C=O) groups is 1. The highest BCUT2D eigenvalue weighted by atomic mass is 32.2. The molecule has 9 heteroatoms. The van der Waals surface area contributed by atoms with E-state index in [1.807, 2.05) is 29.6 Å². The van der Waals surface area contributed by atoms with E-state index in [-0.39, 0.29) is 17.7 Å². The second-order valence-corrected chi connectivity index (χ2v) is 8.35. The van der Waals surface area contributed by atoms with Crippen LogP contribution in [0.15, 0.2) is 50.5 Å². The molecule has 1 aliphatic heterocycles. The fraction of sp³-hybridized carbons (Fsp3) is 0.250. The van der Waals surface area contributed by atoms with E-state index in [2.05, 4.69) is 21.1 Å². The number of nitrogens with zero attached hydrogens (tertiary/aromatic N) is 5. The van der Waals surface area contributed by atoms with E-state index < -0.39 is 0 Å². The van der Waals surface area contributed by atoms with Gasteiger partial charge in [0.2, 0.25) is 0 Å². The Bertz CT molecular complexity index is 1100. The molecule has 0 aliphatic carbocycles. The fourth-order valence-corrected chi connectivity index (χ4v) is 4.79. The zero-order chi connectivity index (χ0) is 20.4. The maximum absolute atomic E-state index is 13.0. The fourth-order valence-electron chi connectivity index (χ4n) is 3.15. The standard InChI is InChI=1S/C20H17N5O2S2/c1-12-14(10-21)20(23-13(2)22-12)29-11-19(26)25-16(17-5-3-7-27-17)9-15(24-25)18-6-4-8-28-18/h3-8,16H,9,11H2,1-2H3. The van der Waals surface area contributed by atoms with E-state index in [0.29, 0.717) is 34.3 Å². The van der Waals surface area contributed by atoms with Crippen molar-refractivity contribution in [1.29, 1.82) is 5.26 Å². The molecule has 0 N–H and O–H groups in total. The Morgan fingerprint density at radius 2 is 2.24 bits per heavy atom. The molecule has 1 amide bonds. The van der Waals surface area contributed by atoms with E-state index in [1.165, 1.54) is 16.8 Å². The molecular weight excluding hydrogens is 406 g/mol. The van der Waals surface area contributed by atoms with Crippen LogP contribution in [0.25, 0.3) is 0 Å². The Morgan fingerprint density at radius 1 is 1.38 bits per heavy atom. The number of thioether (sulfide) groups is 1. The van der Waals surface area contributed by atoms with Gasteiger partial charge in [-0.1, -0.05) is 17.8 Å². The molecule has 4 heterocycles. The number of nitriles is 1. The third-order valence-electron chi connectivity index (χ3n) is 4.46. The lowest BCUT2D eigenvalue weighted by atomic mass is 10.1. The molecule has 3 aromatic heterocycles. The third kappa shape index (κ3) is 3.95. The first-order valence-electron chi connectivity index (χ1n) is 8.91. The van der Waals surface area contributed by atoms with E-state index in [1.54, 1.807) is 31.4 Å². The summed E-state index contributed by atoms with van der Waals surface area (Å²) < 4.78 is 5.56. The minimum atomic E-state index is -0.278. The van der Waals surface area contributed by atoms with Gasteiger partial charge in [0.05, 0.1) is 28.3 Å². The van der Waals surface area contributed by atoms with Gasteiger partial charge in [-0.3, -0.25) is 4.79 Å². The number of aromatic nitrogens is 2. The van der Waals surface area contributed by atoms with Crippen LogP contribution in [-0.2, 0) is 4.79 Å². The van der Waals surface area contributed by atoms with Gasteiger partial charge in [0.1, 0.15) is 34.3 Å². The third-order valence-corrected chi connectivity index (χ3v) is 6.33. The first kappa shape index (κ1) is 19.4. The molecular formula is C20H17N5O2S2. The normalized spacial score (nSPS) is 16.0. The van der Waals surface area contributed by atoms with Crippen LogP contribution >= 0.6 is 23.1 Å². The molecule has 29 heavy (non-hydrogen) atoms. The molecule has 0 fully saturated rings. The number of hydrazone groups is 1. The van der Waals surface area contributed by atoms with Crippen LogP contribution in [0.2, 0.25) is 0 Å². The number of hydrogen-bond donors (Lipinski definition) is 0. The summed E-state index contributed by atoms with van der Waals surface area (Å²) in [6.45, 7) is 3.54. The molecule has 0 saturated heterocycles. The molecule has 4 rings (SSSR count). The summed E-state index contributed by atoms with van der Waals surface area (Å²) in [6, 6.07) is 9.48. The summed E-state index contributed by atoms with van der Waals surface area (Å²) in [4.78, 5) is 22.6. The molecule has 1 atom stereocenters.